The summed E-state index contributed by atoms with van der Waals surface area (Å²) in [7, 11) is 1.26. The summed E-state index contributed by atoms with van der Waals surface area (Å²) in [5.74, 6) is -1.18. The molecule has 0 atom stereocenters. The van der Waals surface area contributed by atoms with Crippen molar-refractivity contribution in [2.45, 2.75) is 0 Å². The molecule has 20 heavy (non-hydrogen) atoms. The summed E-state index contributed by atoms with van der Waals surface area (Å²) in [4.78, 5) is 27.2. The van der Waals surface area contributed by atoms with Gasteiger partial charge in [0.05, 0.1) is 12.7 Å². The molecule has 0 saturated carbocycles. The Morgan fingerprint density at radius 3 is 2.50 bits per heavy atom. The fourth-order valence-corrected chi connectivity index (χ4v) is 1.53. The average molecular weight is 274 g/mol. The summed E-state index contributed by atoms with van der Waals surface area (Å²) in [5.41, 5.74) is 0.563. The maximum atomic E-state index is 12.8. The molecular formula is C14H11FN2O3. The highest BCUT2D eigenvalue weighted by molar-refractivity contribution is 6.04. The van der Waals surface area contributed by atoms with Gasteiger partial charge in [-0.15, -0.1) is 0 Å². The van der Waals surface area contributed by atoms with E-state index in [-0.39, 0.29) is 16.9 Å². The van der Waals surface area contributed by atoms with E-state index in [4.69, 9.17) is 0 Å². The van der Waals surface area contributed by atoms with Crippen LogP contribution in [0.15, 0.2) is 42.6 Å². The number of halogens is 1. The van der Waals surface area contributed by atoms with Crippen molar-refractivity contribution in [3.05, 3.63) is 59.5 Å². The molecule has 2 aromatic rings. The van der Waals surface area contributed by atoms with Gasteiger partial charge in [0.15, 0.2) is 0 Å². The Balaban J connectivity index is 2.15. The van der Waals surface area contributed by atoms with Crippen molar-refractivity contribution in [2.24, 2.45) is 0 Å². The van der Waals surface area contributed by atoms with Gasteiger partial charge in [-0.25, -0.2) is 14.2 Å². The van der Waals surface area contributed by atoms with Crippen LogP contribution in [0.4, 0.5) is 10.2 Å². The van der Waals surface area contributed by atoms with Gasteiger partial charge < -0.3 is 10.1 Å². The Morgan fingerprint density at radius 1 is 1.15 bits per heavy atom. The molecule has 1 heterocycles. The van der Waals surface area contributed by atoms with Crippen LogP contribution in [0, 0.1) is 5.82 Å². The molecule has 1 aromatic heterocycles. The topological polar surface area (TPSA) is 68.3 Å². The molecule has 0 aliphatic carbocycles. The normalized spacial score (nSPS) is 9.90. The van der Waals surface area contributed by atoms with Crippen LogP contribution in [0.3, 0.4) is 0 Å². The van der Waals surface area contributed by atoms with Crippen molar-refractivity contribution in [1.29, 1.82) is 0 Å². The largest absolute Gasteiger partial charge is 0.465 e. The highest BCUT2D eigenvalue weighted by Gasteiger charge is 2.10. The van der Waals surface area contributed by atoms with Gasteiger partial charge in [-0.2, -0.15) is 0 Å². The van der Waals surface area contributed by atoms with E-state index < -0.39 is 17.7 Å². The van der Waals surface area contributed by atoms with Crippen molar-refractivity contribution in [3.63, 3.8) is 0 Å². The first-order chi connectivity index (χ1) is 9.60. The Morgan fingerprint density at radius 2 is 1.85 bits per heavy atom. The Kier molecular flexibility index (Phi) is 4.05. The second-order valence-corrected chi connectivity index (χ2v) is 3.88. The van der Waals surface area contributed by atoms with Crippen LogP contribution >= 0.6 is 0 Å². The van der Waals surface area contributed by atoms with Crippen molar-refractivity contribution < 1.29 is 18.7 Å². The minimum absolute atomic E-state index is 0.210. The molecule has 0 aliphatic rings. The molecule has 1 amide bonds. The van der Waals surface area contributed by atoms with Crippen molar-refractivity contribution in [3.8, 4) is 0 Å². The lowest BCUT2D eigenvalue weighted by molar-refractivity contribution is 0.0600. The molecule has 0 unspecified atom stereocenters. The molecule has 1 aromatic carbocycles. The van der Waals surface area contributed by atoms with Crippen LogP contribution < -0.4 is 5.32 Å². The molecule has 2 rings (SSSR count). The number of amides is 1. The average Bonchev–Trinajstić information content (AvgIpc) is 2.47. The Labute approximate surface area is 114 Å². The van der Waals surface area contributed by atoms with Crippen LogP contribution in [0.1, 0.15) is 20.7 Å². The molecule has 6 heteroatoms. The number of carbonyl (C=O) groups is 2. The van der Waals surface area contributed by atoms with Gasteiger partial charge >= 0.3 is 5.97 Å². The number of rotatable bonds is 3. The molecular weight excluding hydrogens is 263 g/mol. The van der Waals surface area contributed by atoms with Crippen molar-refractivity contribution >= 4 is 17.7 Å². The molecule has 0 fully saturated rings. The number of esters is 1. The number of aromatic nitrogens is 1. The highest BCUT2D eigenvalue weighted by Crippen LogP contribution is 2.10. The van der Waals surface area contributed by atoms with E-state index in [1.54, 1.807) is 0 Å². The molecule has 0 radical (unpaired) electrons. The lowest BCUT2D eigenvalue weighted by Gasteiger charge is -2.05. The zero-order valence-electron chi connectivity index (χ0n) is 10.6. The minimum atomic E-state index is -0.523. The summed E-state index contributed by atoms with van der Waals surface area (Å²) in [5, 5.41) is 2.52. The Bertz CT molecular complexity index is 641. The van der Waals surface area contributed by atoms with Crippen LogP contribution in [-0.2, 0) is 4.74 Å². The lowest BCUT2D eigenvalue weighted by Crippen LogP contribution is -2.13. The maximum absolute atomic E-state index is 12.8. The number of nitrogens with zero attached hydrogens (tertiary/aromatic N) is 1. The third-order valence-electron chi connectivity index (χ3n) is 2.53. The van der Waals surface area contributed by atoms with Crippen LogP contribution in [0.5, 0.6) is 0 Å². The van der Waals surface area contributed by atoms with Gasteiger partial charge in [-0.05, 0) is 36.4 Å². The number of anilines is 1. The Hall–Kier alpha value is -2.76. The summed E-state index contributed by atoms with van der Waals surface area (Å²) >= 11 is 0. The zero-order valence-corrected chi connectivity index (χ0v) is 10.6. The number of pyridine rings is 1. The summed E-state index contributed by atoms with van der Waals surface area (Å²) in [6.45, 7) is 0. The predicted molar refractivity (Wildman–Crippen MR) is 69.9 cm³/mol. The fourth-order valence-electron chi connectivity index (χ4n) is 1.53. The summed E-state index contributed by atoms with van der Waals surface area (Å²) in [6, 6.07) is 7.96. The summed E-state index contributed by atoms with van der Waals surface area (Å²) < 4.78 is 17.3. The molecule has 5 nitrogen and oxygen atoms in total. The standard InChI is InChI=1S/C14H11FN2O3/c1-20-14(19)10-6-7-16-12(8-10)17-13(18)9-2-4-11(15)5-3-9/h2-8H,1H3,(H,16,17,18). The SMILES string of the molecule is COC(=O)c1ccnc(NC(=O)c2ccc(F)cc2)c1. The van der Waals surface area contributed by atoms with Crippen LogP contribution in [0.2, 0.25) is 0 Å². The van der Waals surface area contributed by atoms with E-state index in [1.807, 2.05) is 0 Å². The number of methoxy groups -OCH3 is 1. The highest BCUT2D eigenvalue weighted by atomic mass is 19.1. The van der Waals surface area contributed by atoms with Crippen molar-refractivity contribution in [2.75, 3.05) is 12.4 Å². The number of carbonyl (C=O) groups excluding carboxylic acids is 2. The van der Waals surface area contributed by atoms with E-state index in [1.165, 1.54) is 49.7 Å². The molecule has 0 spiro atoms. The van der Waals surface area contributed by atoms with Gasteiger partial charge in [0, 0.05) is 11.8 Å². The molecule has 1 N–H and O–H groups in total. The lowest BCUT2D eigenvalue weighted by atomic mass is 10.2. The second-order valence-electron chi connectivity index (χ2n) is 3.88. The third kappa shape index (κ3) is 3.17. The fraction of sp³-hybridized carbons (Fsp3) is 0.0714. The van der Waals surface area contributed by atoms with E-state index in [9.17, 15) is 14.0 Å². The predicted octanol–water partition coefficient (Wildman–Crippen LogP) is 2.26. The van der Waals surface area contributed by atoms with E-state index in [2.05, 4.69) is 15.0 Å². The van der Waals surface area contributed by atoms with Gasteiger partial charge in [-0.1, -0.05) is 0 Å². The third-order valence-corrected chi connectivity index (χ3v) is 2.53. The maximum Gasteiger partial charge on any atom is 0.338 e. The van der Waals surface area contributed by atoms with Gasteiger partial charge in [0.1, 0.15) is 11.6 Å². The first-order valence-corrected chi connectivity index (χ1v) is 5.71. The quantitative estimate of drug-likeness (QED) is 0.872. The van der Waals surface area contributed by atoms with E-state index >= 15 is 0 Å². The number of hydrogen-bond donors (Lipinski definition) is 1. The first-order valence-electron chi connectivity index (χ1n) is 5.71. The van der Waals surface area contributed by atoms with Gasteiger partial charge in [0.2, 0.25) is 0 Å². The first kappa shape index (κ1) is 13.7. The summed E-state index contributed by atoms with van der Waals surface area (Å²) in [6.07, 6.45) is 1.38. The number of benzene rings is 1. The van der Waals surface area contributed by atoms with E-state index in [0.717, 1.165) is 0 Å². The molecule has 0 aliphatic heterocycles. The minimum Gasteiger partial charge on any atom is -0.465 e. The molecule has 102 valence electrons. The second kappa shape index (κ2) is 5.92. The van der Waals surface area contributed by atoms with Crippen LogP contribution in [-0.4, -0.2) is 24.0 Å². The monoisotopic (exact) mass is 274 g/mol. The smallest absolute Gasteiger partial charge is 0.338 e. The molecule has 0 bridgehead atoms. The zero-order chi connectivity index (χ0) is 14.5. The number of ether oxygens (including phenoxy) is 1. The number of hydrogen-bond acceptors (Lipinski definition) is 4. The van der Waals surface area contributed by atoms with Crippen LogP contribution in [0.25, 0.3) is 0 Å². The van der Waals surface area contributed by atoms with E-state index in [0.29, 0.717) is 0 Å². The van der Waals surface area contributed by atoms with Gasteiger partial charge in [-0.3, -0.25) is 4.79 Å². The number of nitrogens with one attached hydrogen (secondary N) is 1. The molecule has 0 saturated heterocycles. The van der Waals surface area contributed by atoms with Gasteiger partial charge in [0.25, 0.3) is 5.91 Å². The van der Waals surface area contributed by atoms with Crippen molar-refractivity contribution in [1.82, 2.24) is 4.98 Å².